The second kappa shape index (κ2) is 2.99. The molecule has 0 aliphatic carbocycles. The van der Waals surface area contributed by atoms with E-state index in [1.54, 1.807) is 21.0 Å². The van der Waals surface area contributed by atoms with E-state index in [1.165, 1.54) is 16.9 Å². The maximum Gasteiger partial charge on any atom is 0.276 e. The Morgan fingerprint density at radius 1 is 1.38 bits per heavy atom. The highest BCUT2D eigenvalue weighted by Crippen LogP contribution is 2.21. The molecule has 1 heterocycles. The maximum absolute atomic E-state index is 11.6. The van der Waals surface area contributed by atoms with Gasteiger partial charge in [0.1, 0.15) is 0 Å². The van der Waals surface area contributed by atoms with Crippen LogP contribution in [0.4, 0.5) is 0 Å². The number of rotatable bonds is 1. The molecular weight excluding hydrogens is 172 g/mol. The van der Waals surface area contributed by atoms with Gasteiger partial charge in [-0.2, -0.15) is 0 Å². The topological polar surface area (TPSA) is 49.9 Å². The zero-order chi connectivity index (χ0) is 10.2. The number of carbonyl (C=O) groups excluding carboxylic acids is 2. The highest BCUT2D eigenvalue weighted by Gasteiger charge is 2.46. The molecule has 0 aromatic rings. The van der Waals surface area contributed by atoms with Gasteiger partial charge in [0.2, 0.25) is 11.6 Å². The summed E-state index contributed by atoms with van der Waals surface area (Å²) >= 11 is 0. The Balaban J connectivity index is 3.02. The van der Waals surface area contributed by atoms with Gasteiger partial charge < -0.3 is 14.5 Å². The molecular formula is C8H14N2O3. The second-order valence-corrected chi connectivity index (χ2v) is 3.30. The van der Waals surface area contributed by atoms with E-state index < -0.39 is 5.72 Å². The van der Waals surface area contributed by atoms with E-state index in [4.69, 9.17) is 4.74 Å². The average Bonchev–Trinajstić information content (AvgIpc) is 2.12. The number of ether oxygens (including phenoxy) is 1. The number of piperazine rings is 1. The third kappa shape index (κ3) is 1.29. The van der Waals surface area contributed by atoms with Gasteiger partial charge in [-0.15, -0.1) is 0 Å². The quantitative estimate of drug-likeness (QED) is 0.543. The fourth-order valence-electron chi connectivity index (χ4n) is 1.34. The number of nitrogens with zero attached hydrogens (tertiary/aromatic N) is 2. The molecule has 0 aromatic carbocycles. The lowest BCUT2D eigenvalue weighted by Crippen LogP contribution is -2.65. The molecule has 0 bridgehead atoms. The molecule has 0 aromatic heterocycles. The predicted molar refractivity (Wildman–Crippen MR) is 45.8 cm³/mol. The van der Waals surface area contributed by atoms with Crippen LogP contribution in [0.1, 0.15) is 6.92 Å². The average molecular weight is 186 g/mol. The zero-order valence-electron chi connectivity index (χ0n) is 8.33. The number of hydrogen-bond donors (Lipinski definition) is 0. The molecule has 74 valence electrons. The van der Waals surface area contributed by atoms with Crippen LogP contribution in [0.3, 0.4) is 0 Å². The van der Waals surface area contributed by atoms with E-state index in [0.29, 0.717) is 0 Å². The monoisotopic (exact) mass is 186 g/mol. The summed E-state index contributed by atoms with van der Waals surface area (Å²) in [5.74, 6) is -0.316. The Kier molecular flexibility index (Phi) is 2.30. The molecule has 5 heteroatoms. The van der Waals surface area contributed by atoms with Crippen molar-refractivity contribution >= 4 is 11.8 Å². The van der Waals surface area contributed by atoms with Crippen LogP contribution in [0.2, 0.25) is 0 Å². The van der Waals surface area contributed by atoms with Crippen molar-refractivity contribution in [1.82, 2.24) is 9.80 Å². The Morgan fingerprint density at radius 3 is 2.38 bits per heavy atom. The smallest absolute Gasteiger partial charge is 0.276 e. The van der Waals surface area contributed by atoms with E-state index in [2.05, 4.69) is 0 Å². The summed E-state index contributed by atoms with van der Waals surface area (Å²) in [6.07, 6.45) is 0. The number of likely N-dealkylation sites (N-methyl/N-ethyl adjacent to an activating group) is 2. The number of carbonyl (C=O) groups is 2. The minimum Gasteiger partial charge on any atom is -0.351 e. The van der Waals surface area contributed by atoms with Gasteiger partial charge in [0.15, 0.2) is 0 Å². The summed E-state index contributed by atoms with van der Waals surface area (Å²) in [7, 11) is 4.57. The van der Waals surface area contributed by atoms with Crippen LogP contribution in [0.25, 0.3) is 0 Å². The largest absolute Gasteiger partial charge is 0.351 e. The summed E-state index contributed by atoms with van der Waals surface area (Å²) in [5.41, 5.74) is -1.15. The van der Waals surface area contributed by atoms with E-state index in [-0.39, 0.29) is 18.4 Å². The molecule has 0 spiro atoms. The normalized spacial score (nSPS) is 29.8. The van der Waals surface area contributed by atoms with Gasteiger partial charge in [-0.1, -0.05) is 0 Å². The van der Waals surface area contributed by atoms with Gasteiger partial charge in [-0.05, 0) is 6.92 Å². The molecule has 0 radical (unpaired) electrons. The van der Waals surface area contributed by atoms with Crippen LogP contribution in [0.15, 0.2) is 0 Å². The summed E-state index contributed by atoms with van der Waals surface area (Å²) < 4.78 is 5.06. The molecule has 1 aliphatic heterocycles. The predicted octanol–water partition coefficient (Wildman–Crippen LogP) is -0.721. The zero-order valence-corrected chi connectivity index (χ0v) is 8.33. The minimum absolute atomic E-state index is 0.119. The third-order valence-corrected chi connectivity index (χ3v) is 2.53. The highest BCUT2D eigenvalue weighted by molar-refractivity contribution is 5.96. The Hall–Kier alpha value is -1.10. The van der Waals surface area contributed by atoms with Crippen molar-refractivity contribution < 1.29 is 14.3 Å². The Labute approximate surface area is 77.2 Å². The van der Waals surface area contributed by atoms with Crippen molar-refractivity contribution in [3.05, 3.63) is 0 Å². The minimum atomic E-state index is -1.15. The number of hydrogen-bond acceptors (Lipinski definition) is 3. The van der Waals surface area contributed by atoms with Gasteiger partial charge in [-0.3, -0.25) is 9.59 Å². The van der Waals surface area contributed by atoms with Crippen LogP contribution in [0.5, 0.6) is 0 Å². The maximum atomic E-state index is 11.6. The first-order chi connectivity index (χ1) is 5.93. The number of amides is 2. The fourth-order valence-corrected chi connectivity index (χ4v) is 1.34. The van der Waals surface area contributed by atoms with E-state index >= 15 is 0 Å². The van der Waals surface area contributed by atoms with Crippen molar-refractivity contribution in [3.63, 3.8) is 0 Å². The van der Waals surface area contributed by atoms with Crippen molar-refractivity contribution in [2.24, 2.45) is 0 Å². The lowest BCUT2D eigenvalue weighted by Gasteiger charge is -2.43. The van der Waals surface area contributed by atoms with Gasteiger partial charge in [-0.25, -0.2) is 0 Å². The number of methoxy groups -OCH3 is 1. The SMILES string of the molecule is COC1(C)C(=O)N(C)CC(=O)N1C. The summed E-state index contributed by atoms with van der Waals surface area (Å²) in [6.45, 7) is 1.71. The lowest BCUT2D eigenvalue weighted by molar-refractivity contribution is -0.191. The van der Waals surface area contributed by atoms with Crippen molar-refractivity contribution in [1.29, 1.82) is 0 Å². The van der Waals surface area contributed by atoms with Crippen molar-refractivity contribution in [2.45, 2.75) is 12.6 Å². The van der Waals surface area contributed by atoms with Crippen LogP contribution < -0.4 is 0 Å². The Morgan fingerprint density at radius 2 is 1.92 bits per heavy atom. The standard InChI is InChI=1S/C8H14N2O3/c1-8(13-4)7(12)9(2)5-6(11)10(8)3/h5H2,1-4H3. The van der Waals surface area contributed by atoms with E-state index in [1.807, 2.05) is 0 Å². The summed E-state index contributed by atoms with van der Waals surface area (Å²) in [4.78, 5) is 25.7. The molecule has 2 amide bonds. The molecule has 1 saturated heterocycles. The van der Waals surface area contributed by atoms with Crippen LogP contribution in [-0.4, -0.2) is 55.1 Å². The molecule has 0 saturated carbocycles. The molecule has 0 N–H and O–H groups in total. The second-order valence-electron chi connectivity index (χ2n) is 3.30. The Bertz CT molecular complexity index is 254. The van der Waals surface area contributed by atoms with Gasteiger partial charge >= 0.3 is 0 Å². The highest BCUT2D eigenvalue weighted by atomic mass is 16.5. The first-order valence-corrected chi connectivity index (χ1v) is 4.01. The summed E-state index contributed by atoms with van der Waals surface area (Å²) in [5, 5.41) is 0. The molecule has 1 atom stereocenters. The fraction of sp³-hybridized carbons (Fsp3) is 0.750. The van der Waals surface area contributed by atoms with Crippen LogP contribution in [0, 0.1) is 0 Å². The molecule has 5 nitrogen and oxygen atoms in total. The van der Waals surface area contributed by atoms with Gasteiger partial charge in [0.25, 0.3) is 5.91 Å². The first kappa shape index (κ1) is 9.98. The molecule has 13 heavy (non-hydrogen) atoms. The van der Waals surface area contributed by atoms with Gasteiger partial charge in [0.05, 0.1) is 6.54 Å². The summed E-state index contributed by atoms with van der Waals surface area (Å²) in [6, 6.07) is 0. The molecule has 1 fully saturated rings. The van der Waals surface area contributed by atoms with Crippen LogP contribution in [-0.2, 0) is 14.3 Å². The van der Waals surface area contributed by atoms with Crippen molar-refractivity contribution in [2.75, 3.05) is 27.7 Å². The molecule has 1 aliphatic rings. The lowest BCUT2D eigenvalue weighted by atomic mass is 10.1. The van der Waals surface area contributed by atoms with Crippen LogP contribution >= 0.6 is 0 Å². The molecule has 1 unspecified atom stereocenters. The molecule has 1 rings (SSSR count). The van der Waals surface area contributed by atoms with E-state index in [0.717, 1.165) is 0 Å². The van der Waals surface area contributed by atoms with E-state index in [9.17, 15) is 9.59 Å². The first-order valence-electron chi connectivity index (χ1n) is 4.01. The van der Waals surface area contributed by atoms with Gasteiger partial charge in [0, 0.05) is 21.2 Å². The third-order valence-electron chi connectivity index (χ3n) is 2.53. The van der Waals surface area contributed by atoms with Crippen molar-refractivity contribution in [3.8, 4) is 0 Å².